The standard InChI is InChI=1S/C13H17FN2O3/c1-8(7-17)9(2)15-12(18)13(19)16-11-6-4-3-5-10(11)14/h3-6,8-9,17H,7H2,1-2H3,(H,15,18)(H,16,19). The van der Waals surface area contributed by atoms with Gasteiger partial charge >= 0.3 is 11.8 Å². The van der Waals surface area contributed by atoms with Gasteiger partial charge in [0, 0.05) is 12.6 Å². The molecule has 3 N–H and O–H groups in total. The summed E-state index contributed by atoms with van der Waals surface area (Å²) in [4.78, 5) is 23.1. The monoisotopic (exact) mass is 268 g/mol. The van der Waals surface area contributed by atoms with E-state index in [1.807, 2.05) is 0 Å². The topological polar surface area (TPSA) is 78.4 Å². The first-order chi connectivity index (χ1) is 8.95. The molecule has 1 rings (SSSR count). The van der Waals surface area contributed by atoms with Gasteiger partial charge < -0.3 is 15.7 Å². The Morgan fingerprint density at radius 2 is 1.89 bits per heavy atom. The molecule has 0 saturated carbocycles. The number of rotatable bonds is 4. The number of anilines is 1. The number of carbonyl (C=O) groups excluding carboxylic acids is 2. The Bertz CT molecular complexity index is 465. The number of halogens is 1. The molecule has 2 atom stereocenters. The Balaban J connectivity index is 2.59. The number of hydrogen-bond donors (Lipinski definition) is 3. The van der Waals surface area contributed by atoms with Gasteiger partial charge in [-0.15, -0.1) is 0 Å². The van der Waals surface area contributed by atoms with Crippen LogP contribution < -0.4 is 10.6 Å². The fraction of sp³-hybridized carbons (Fsp3) is 0.385. The van der Waals surface area contributed by atoms with Crippen LogP contribution in [0.2, 0.25) is 0 Å². The Morgan fingerprint density at radius 3 is 2.47 bits per heavy atom. The van der Waals surface area contributed by atoms with Gasteiger partial charge in [0.1, 0.15) is 5.82 Å². The molecule has 19 heavy (non-hydrogen) atoms. The lowest BCUT2D eigenvalue weighted by Crippen LogP contribution is -2.44. The van der Waals surface area contributed by atoms with Crippen LogP contribution in [-0.2, 0) is 9.59 Å². The number of hydrogen-bond acceptors (Lipinski definition) is 3. The molecule has 0 saturated heterocycles. The number of para-hydroxylation sites is 1. The molecule has 0 spiro atoms. The molecule has 2 unspecified atom stereocenters. The van der Waals surface area contributed by atoms with E-state index in [-0.39, 0.29) is 24.3 Å². The van der Waals surface area contributed by atoms with Gasteiger partial charge in [0.2, 0.25) is 0 Å². The van der Waals surface area contributed by atoms with Crippen molar-refractivity contribution in [1.82, 2.24) is 5.32 Å². The Kier molecular flexibility index (Phi) is 5.44. The lowest BCUT2D eigenvalue weighted by atomic mass is 10.1. The van der Waals surface area contributed by atoms with Crippen molar-refractivity contribution in [2.24, 2.45) is 5.92 Å². The minimum atomic E-state index is -0.943. The van der Waals surface area contributed by atoms with Crippen LogP contribution in [0.1, 0.15) is 13.8 Å². The number of amides is 2. The van der Waals surface area contributed by atoms with Gasteiger partial charge in [0.15, 0.2) is 0 Å². The smallest absolute Gasteiger partial charge is 0.313 e. The summed E-state index contributed by atoms with van der Waals surface area (Å²) >= 11 is 0. The molecule has 1 aromatic rings. The molecular formula is C13H17FN2O3. The largest absolute Gasteiger partial charge is 0.396 e. The number of carbonyl (C=O) groups is 2. The van der Waals surface area contributed by atoms with Crippen molar-refractivity contribution in [3.8, 4) is 0 Å². The van der Waals surface area contributed by atoms with Gasteiger partial charge in [-0.25, -0.2) is 4.39 Å². The van der Waals surface area contributed by atoms with Gasteiger partial charge in [-0.2, -0.15) is 0 Å². The van der Waals surface area contributed by atoms with Crippen LogP contribution in [0.3, 0.4) is 0 Å². The number of aliphatic hydroxyl groups excluding tert-OH is 1. The number of aliphatic hydroxyl groups is 1. The molecule has 104 valence electrons. The van der Waals surface area contributed by atoms with Crippen LogP contribution in [0.4, 0.5) is 10.1 Å². The second-order valence-corrected chi connectivity index (χ2v) is 4.36. The van der Waals surface area contributed by atoms with Crippen LogP contribution in [-0.4, -0.2) is 29.6 Å². The first-order valence-electron chi connectivity index (χ1n) is 5.93. The minimum Gasteiger partial charge on any atom is -0.396 e. The van der Waals surface area contributed by atoms with Gasteiger partial charge in [-0.3, -0.25) is 9.59 Å². The summed E-state index contributed by atoms with van der Waals surface area (Å²) in [7, 11) is 0. The molecule has 6 heteroatoms. The van der Waals surface area contributed by atoms with Crippen molar-refractivity contribution in [2.75, 3.05) is 11.9 Å². The minimum absolute atomic E-state index is 0.0505. The van der Waals surface area contributed by atoms with Crippen molar-refractivity contribution in [2.45, 2.75) is 19.9 Å². The first kappa shape index (κ1) is 15.1. The maximum absolute atomic E-state index is 13.3. The molecule has 2 amide bonds. The average Bonchev–Trinajstić information content (AvgIpc) is 2.40. The molecule has 0 aromatic heterocycles. The highest BCUT2D eigenvalue weighted by Gasteiger charge is 2.20. The third kappa shape index (κ3) is 4.33. The predicted molar refractivity (Wildman–Crippen MR) is 68.9 cm³/mol. The summed E-state index contributed by atoms with van der Waals surface area (Å²) in [6.07, 6.45) is 0. The zero-order chi connectivity index (χ0) is 14.4. The van der Waals surface area contributed by atoms with Crippen LogP contribution in [0.25, 0.3) is 0 Å². The SMILES string of the molecule is CC(CO)C(C)NC(=O)C(=O)Nc1ccccc1F. The maximum atomic E-state index is 13.3. The Morgan fingerprint density at radius 1 is 1.26 bits per heavy atom. The van der Waals surface area contributed by atoms with E-state index in [1.54, 1.807) is 19.9 Å². The molecule has 0 aliphatic heterocycles. The van der Waals surface area contributed by atoms with Gasteiger partial charge in [0.05, 0.1) is 5.69 Å². The maximum Gasteiger partial charge on any atom is 0.313 e. The van der Waals surface area contributed by atoms with E-state index in [9.17, 15) is 14.0 Å². The molecule has 0 fully saturated rings. The molecule has 1 aromatic carbocycles. The third-order valence-corrected chi connectivity index (χ3v) is 2.83. The van der Waals surface area contributed by atoms with Crippen LogP contribution in [0, 0.1) is 11.7 Å². The molecule has 0 radical (unpaired) electrons. The first-order valence-corrected chi connectivity index (χ1v) is 5.93. The Labute approximate surface area is 110 Å². The van der Waals surface area contributed by atoms with Crippen LogP contribution in [0.5, 0.6) is 0 Å². The molecule has 0 heterocycles. The van der Waals surface area contributed by atoms with Crippen molar-refractivity contribution in [3.05, 3.63) is 30.1 Å². The highest BCUT2D eigenvalue weighted by Crippen LogP contribution is 2.12. The summed E-state index contributed by atoms with van der Waals surface area (Å²) in [5, 5.41) is 13.5. The fourth-order valence-corrected chi connectivity index (χ4v) is 1.31. The van der Waals surface area contributed by atoms with E-state index in [2.05, 4.69) is 10.6 Å². The summed E-state index contributed by atoms with van der Waals surface area (Å²) in [6.45, 7) is 3.31. The van der Waals surface area contributed by atoms with E-state index in [4.69, 9.17) is 5.11 Å². The summed E-state index contributed by atoms with van der Waals surface area (Å²) < 4.78 is 13.3. The lowest BCUT2D eigenvalue weighted by Gasteiger charge is -2.18. The normalized spacial score (nSPS) is 13.5. The quantitative estimate of drug-likeness (QED) is 0.710. The van der Waals surface area contributed by atoms with Crippen molar-refractivity contribution >= 4 is 17.5 Å². The Hall–Kier alpha value is -1.95. The second kappa shape index (κ2) is 6.84. The fourth-order valence-electron chi connectivity index (χ4n) is 1.31. The highest BCUT2D eigenvalue weighted by atomic mass is 19.1. The van der Waals surface area contributed by atoms with E-state index < -0.39 is 17.6 Å². The summed E-state index contributed by atoms with van der Waals surface area (Å²) in [6, 6.07) is 5.22. The van der Waals surface area contributed by atoms with Crippen LogP contribution >= 0.6 is 0 Å². The van der Waals surface area contributed by atoms with Crippen LogP contribution in [0.15, 0.2) is 24.3 Å². The van der Waals surface area contributed by atoms with E-state index in [1.165, 1.54) is 18.2 Å². The summed E-state index contributed by atoms with van der Waals surface area (Å²) in [5.74, 6) is -2.59. The van der Waals surface area contributed by atoms with Crippen molar-refractivity contribution in [3.63, 3.8) is 0 Å². The van der Waals surface area contributed by atoms with Gasteiger partial charge in [0.25, 0.3) is 0 Å². The predicted octanol–water partition coefficient (Wildman–Crippen LogP) is 0.897. The third-order valence-electron chi connectivity index (χ3n) is 2.83. The molecule has 5 nitrogen and oxygen atoms in total. The zero-order valence-electron chi connectivity index (χ0n) is 10.8. The molecule has 0 bridgehead atoms. The highest BCUT2D eigenvalue weighted by molar-refractivity contribution is 6.39. The van der Waals surface area contributed by atoms with Gasteiger partial charge in [-0.05, 0) is 25.0 Å². The van der Waals surface area contributed by atoms with E-state index in [0.29, 0.717) is 0 Å². The molecular weight excluding hydrogens is 251 g/mol. The lowest BCUT2D eigenvalue weighted by molar-refractivity contribution is -0.136. The second-order valence-electron chi connectivity index (χ2n) is 4.36. The molecule has 0 aliphatic carbocycles. The molecule has 0 aliphatic rings. The van der Waals surface area contributed by atoms with Crippen molar-refractivity contribution in [1.29, 1.82) is 0 Å². The average molecular weight is 268 g/mol. The number of nitrogens with one attached hydrogen (secondary N) is 2. The van der Waals surface area contributed by atoms with E-state index >= 15 is 0 Å². The van der Waals surface area contributed by atoms with E-state index in [0.717, 1.165) is 0 Å². The van der Waals surface area contributed by atoms with Crippen molar-refractivity contribution < 1.29 is 19.1 Å². The summed E-state index contributed by atoms with van der Waals surface area (Å²) in [5.41, 5.74) is -0.0505. The zero-order valence-corrected chi connectivity index (χ0v) is 10.8. The number of benzene rings is 1. The van der Waals surface area contributed by atoms with Gasteiger partial charge in [-0.1, -0.05) is 19.1 Å².